The Morgan fingerprint density at radius 1 is 1.11 bits per heavy atom. The smallest absolute Gasteiger partial charge is 0.224 e. The van der Waals surface area contributed by atoms with Gasteiger partial charge in [0.15, 0.2) is 0 Å². The van der Waals surface area contributed by atoms with Gasteiger partial charge in [-0.2, -0.15) is 0 Å². The fourth-order valence-corrected chi connectivity index (χ4v) is 5.75. The van der Waals surface area contributed by atoms with Crippen LogP contribution in [0.15, 0.2) is 112 Å². The number of unbranched alkanes of at least 4 members (excludes halogenated alkanes) is 1. The number of anilines is 1. The molecule has 9 nitrogen and oxygen atoms in total. The summed E-state index contributed by atoms with van der Waals surface area (Å²) in [4.78, 5) is 30.6. The third-order valence-corrected chi connectivity index (χ3v) is 7.93. The molecule has 9 heteroatoms. The summed E-state index contributed by atoms with van der Waals surface area (Å²) in [6, 6.07) is 12.0. The number of fused-ring (bicyclic) bond motifs is 1. The van der Waals surface area contributed by atoms with Crippen molar-refractivity contribution in [3.8, 4) is 11.1 Å². The minimum atomic E-state index is -0.310. The zero-order valence-corrected chi connectivity index (χ0v) is 24.8. The second-order valence-corrected chi connectivity index (χ2v) is 11.0. The third kappa shape index (κ3) is 6.14. The van der Waals surface area contributed by atoms with Crippen molar-refractivity contribution in [2.24, 2.45) is 15.7 Å². The minimum absolute atomic E-state index is 0.00175. The second kappa shape index (κ2) is 13.0. The first-order chi connectivity index (χ1) is 21.5. The van der Waals surface area contributed by atoms with Crippen LogP contribution in [0.2, 0.25) is 0 Å². The number of carbonyl (C=O) groups excluding carboxylic acids is 1. The van der Waals surface area contributed by atoms with E-state index in [0.29, 0.717) is 31.7 Å². The number of nitrogens with two attached hydrogens (primary N) is 1. The summed E-state index contributed by atoms with van der Waals surface area (Å²) >= 11 is 0. The Morgan fingerprint density at radius 2 is 2.00 bits per heavy atom. The molecular formula is C35H36N8O. The monoisotopic (exact) mass is 584 g/mol. The molecule has 0 spiro atoms. The fraction of sp³-hybridized carbons (Fsp3) is 0.229. The van der Waals surface area contributed by atoms with E-state index in [-0.39, 0.29) is 11.9 Å². The molecular weight excluding hydrogens is 548 g/mol. The van der Waals surface area contributed by atoms with Gasteiger partial charge in [0, 0.05) is 71.6 Å². The van der Waals surface area contributed by atoms with Gasteiger partial charge in [-0.3, -0.25) is 30.1 Å². The topological polar surface area (TPSA) is 130 Å². The number of aliphatic imine (C=N–C) groups is 2. The number of dihydropyridines is 1. The normalized spacial score (nSPS) is 17.8. The van der Waals surface area contributed by atoms with Gasteiger partial charge < -0.3 is 16.4 Å². The van der Waals surface area contributed by atoms with Crippen LogP contribution in [0.3, 0.4) is 0 Å². The molecule has 1 atom stereocenters. The number of benzene rings is 1. The third-order valence-electron chi connectivity index (χ3n) is 7.93. The number of rotatable bonds is 8. The van der Waals surface area contributed by atoms with Crippen molar-refractivity contribution in [3.05, 3.63) is 119 Å². The first kappa shape index (κ1) is 28.9. The Bertz CT molecular complexity index is 1750. The maximum absolute atomic E-state index is 12.4. The Labute approximate surface area is 257 Å². The SMILES string of the molecule is C=NC1C=C(C2=NCNCc3ccc(-c4cncc(NC(=O)CCCC)c4)cc32)NC2=C1C(c1cccnc1)=CC=C(N)C2. The summed E-state index contributed by atoms with van der Waals surface area (Å²) in [6.45, 7) is 7.19. The van der Waals surface area contributed by atoms with Crippen molar-refractivity contribution in [3.63, 3.8) is 0 Å². The summed E-state index contributed by atoms with van der Waals surface area (Å²) in [5, 5.41) is 10.1. The second-order valence-electron chi connectivity index (χ2n) is 11.0. The number of amides is 1. The maximum Gasteiger partial charge on any atom is 0.224 e. The number of allylic oxidation sites excluding steroid dienone is 3. The molecule has 1 amide bonds. The van der Waals surface area contributed by atoms with Crippen molar-refractivity contribution in [1.82, 2.24) is 20.6 Å². The summed E-state index contributed by atoms with van der Waals surface area (Å²) in [7, 11) is 0. The van der Waals surface area contributed by atoms with E-state index in [0.717, 1.165) is 74.6 Å². The molecule has 44 heavy (non-hydrogen) atoms. The molecule has 1 unspecified atom stereocenters. The van der Waals surface area contributed by atoms with E-state index < -0.39 is 0 Å². The van der Waals surface area contributed by atoms with Gasteiger partial charge in [0.1, 0.15) is 0 Å². The first-order valence-electron chi connectivity index (χ1n) is 14.9. The summed E-state index contributed by atoms with van der Waals surface area (Å²) in [6.07, 6.45) is 16.1. The Hall–Kier alpha value is -5.15. The number of hydrogen-bond acceptors (Lipinski definition) is 8. The highest BCUT2D eigenvalue weighted by atomic mass is 16.1. The van der Waals surface area contributed by atoms with Crippen molar-refractivity contribution < 1.29 is 4.79 Å². The van der Waals surface area contributed by atoms with Crippen molar-refractivity contribution in [1.29, 1.82) is 0 Å². The molecule has 5 N–H and O–H groups in total. The number of nitrogens with one attached hydrogen (secondary N) is 3. The molecule has 1 aliphatic carbocycles. The Kier molecular flexibility index (Phi) is 8.56. The lowest BCUT2D eigenvalue weighted by Gasteiger charge is -2.29. The number of pyridine rings is 2. The first-order valence-corrected chi connectivity index (χ1v) is 14.9. The molecule has 2 aliphatic heterocycles. The average molecular weight is 585 g/mol. The van der Waals surface area contributed by atoms with Crippen LogP contribution in [0, 0.1) is 0 Å². The molecule has 2 aromatic heterocycles. The van der Waals surface area contributed by atoms with Crippen molar-refractivity contribution in [2.75, 3.05) is 12.0 Å². The molecule has 0 radical (unpaired) electrons. The highest BCUT2D eigenvalue weighted by Gasteiger charge is 2.30. The van der Waals surface area contributed by atoms with E-state index in [1.54, 1.807) is 12.4 Å². The van der Waals surface area contributed by atoms with Gasteiger partial charge in [0.25, 0.3) is 0 Å². The predicted molar refractivity (Wildman–Crippen MR) is 177 cm³/mol. The van der Waals surface area contributed by atoms with Crippen LogP contribution < -0.4 is 21.7 Å². The Morgan fingerprint density at radius 3 is 2.82 bits per heavy atom. The van der Waals surface area contributed by atoms with E-state index in [1.165, 1.54) is 0 Å². The van der Waals surface area contributed by atoms with Crippen LogP contribution in [0.25, 0.3) is 16.7 Å². The number of aromatic nitrogens is 2. The lowest BCUT2D eigenvalue weighted by molar-refractivity contribution is -0.116. The van der Waals surface area contributed by atoms with E-state index in [4.69, 9.17) is 10.7 Å². The van der Waals surface area contributed by atoms with Gasteiger partial charge in [-0.25, -0.2) is 0 Å². The van der Waals surface area contributed by atoms with Crippen LogP contribution in [0.4, 0.5) is 5.69 Å². The largest absolute Gasteiger partial charge is 0.402 e. The maximum atomic E-state index is 12.4. The number of nitrogens with zero attached hydrogens (tertiary/aromatic N) is 4. The van der Waals surface area contributed by atoms with Crippen LogP contribution in [-0.4, -0.2) is 41.0 Å². The summed E-state index contributed by atoms with van der Waals surface area (Å²) < 4.78 is 0. The number of carbonyl (C=O) groups is 1. The van der Waals surface area contributed by atoms with E-state index in [1.807, 2.05) is 42.7 Å². The zero-order valence-electron chi connectivity index (χ0n) is 24.8. The highest BCUT2D eigenvalue weighted by Crippen LogP contribution is 2.37. The quantitative estimate of drug-likeness (QED) is 0.267. The average Bonchev–Trinajstić information content (AvgIpc) is 3.37. The van der Waals surface area contributed by atoms with Gasteiger partial charge in [-0.1, -0.05) is 37.6 Å². The molecule has 222 valence electrons. The van der Waals surface area contributed by atoms with Gasteiger partial charge in [-0.05, 0) is 60.2 Å². The number of hydrogen-bond donors (Lipinski definition) is 4. The molecule has 6 rings (SSSR count). The van der Waals surface area contributed by atoms with Gasteiger partial charge in [-0.15, -0.1) is 0 Å². The van der Waals surface area contributed by atoms with Gasteiger partial charge in [0.05, 0.1) is 36.0 Å². The Balaban J connectivity index is 1.35. The van der Waals surface area contributed by atoms with E-state index in [9.17, 15) is 4.79 Å². The van der Waals surface area contributed by atoms with Gasteiger partial charge >= 0.3 is 0 Å². The van der Waals surface area contributed by atoms with Crippen molar-refractivity contribution >= 4 is 29.6 Å². The molecule has 0 bridgehead atoms. The standard InChI is InChI=1S/C35H36N8O/c1-3-4-7-33(44)42-27-13-25(19-39-20-27)22-8-9-24-18-40-21-41-35(29(24)14-22)32-16-30(37-2)34-28(23-6-5-12-38-17-23)11-10-26(36)15-31(34)43-32/h5-6,8-14,16-17,19-20,30,40,43H,2-4,7,15,18,21,36H2,1H3,(H,42,44). The molecule has 3 aromatic rings. The molecule has 3 aliphatic rings. The fourth-order valence-electron chi connectivity index (χ4n) is 5.75. The predicted octanol–water partition coefficient (Wildman–Crippen LogP) is 5.26. The lowest BCUT2D eigenvalue weighted by Crippen LogP contribution is -2.31. The van der Waals surface area contributed by atoms with Crippen LogP contribution >= 0.6 is 0 Å². The lowest BCUT2D eigenvalue weighted by atomic mass is 9.87. The van der Waals surface area contributed by atoms with E-state index >= 15 is 0 Å². The minimum Gasteiger partial charge on any atom is -0.402 e. The molecule has 0 fully saturated rings. The molecule has 0 saturated heterocycles. The molecule has 0 saturated carbocycles. The molecule has 4 heterocycles. The van der Waals surface area contributed by atoms with Crippen LogP contribution in [0.5, 0.6) is 0 Å². The van der Waals surface area contributed by atoms with E-state index in [2.05, 4.69) is 68.8 Å². The summed E-state index contributed by atoms with van der Waals surface area (Å²) in [5.74, 6) is -0.00175. The molecule has 1 aromatic carbocycles. The van der Waals surface area contributed by atoms with Crippen molar-refractivity contribution in [2.45, 2.75) is 45.2 Å². The van der Waals surface area contributed by atoms with Gasteiger partial charge in [0.2, 0.25) is 5.91 Å². The zero-order chi connectivity index (χ0) is 30.5. The summed E-state index contributed by atoms with van der Waals surface area (Å²) in [5.41, 5.74) is 17.6. The highest BCUT2D eigenvalue weighted by molar-refractivity contribution is 6.14. The van der Waals surface area contributed by atoms with Crippen LogP contribution in [0.1, 0.15) is 49.3 Å². The van der Waals surface area contributed by atoms with Crippen LogP contribution in [-0.2, 0) is 11.3 Å².